The zero-order valence-electron chi connectivity index (χ0n) is 7.35. The van der Waals surface area contributed by atoms with Crippen molar-refractivity contribution in [1.82, 2.24) is 0 Å². The summed E-state index contributed by atoms with van der Waals surface area (Å²) in [6.45, 7) is 6.16. The summed E-state index contributed by atoms with van der Waals surface area (Å²) in [4.78, 5) is 0. The molecule has 66 valence electrons. The highest BCUT2D eigenvalue weighted by Crippen LogP contribution is 2.29. The maximum absolute atomic E-state index is 6.07. The molecule has 0 aliphatic carbocycles. The van der Waals surface area contributed by atoms with E-state index in [1.165, 1.54) is 12.8 Å². The van der Waals surface area contributed by atoms with Crippen molar-refractivity contribution in [3.63, 3.8) is 0 Å². The van der Waals surface area contributed by atoms with Gasteiger partial charge in [0.15, 0.2) is 0 Å². The van der Waals surface area contributed by atoms with Gasteiger partial charge in [0.1, 0.15) is 0 Å². The van der Waals surface area contributed by atoms with E-state index in [4.69, 9.17) is 16.3 Å². The van der Waals surface area contributed by atoms with E-state index in [0.29, 0.717) is 17.2 Å². The summed E-state index contributed by atoms with van der Waals surface area (Å²) in [6.07, 6.45) is 2.38. The Morgan fingerprint density at radius 2 is 2.36 bits per heavy atom. The highest BCUT2D eigenvalue weighted by Gasteiger charge is 2.27. The van der Waals surface area contributed by atoms with Gasteiger partial charge >= 0.3 is 0 Å². The van der Waals surface area contributed by atoms with E-state index < -0.39 is 0 Å². The van der Waals surface area contributed by atoms with Crippen molar-refractivity contribution in [2.45, 2.75) is 32.1 Å². The van der Waals surface area contributed by atoms with E-state index in [2.05, 4.69) is 13.8 Å². The van der Waals surface area contributed by atoms with Crippen molar-refractivity contribution < 1.29 is 4.74 Å². The number of hydrogen-bond donors (Lipinski definition) is 0. The average Bonchev–Trinajstić information content (AvgIpc) is 2.40. The van der Waals surface area contributed by atoms with Gasteiger partial charge in [-0.3, -0.25) is 0 Å². The molecule has 1 aliphatic heterocycles. The van der Waals surface area contributed by atoms with E-state index in [1.54, 1.807) is 0 Å². The fraction of sp³-hybridized carbons (Fsp3) is 1.00. The minimum atomic E-state index is 0.298. The van der Waals surface area contributed by atoms with E-state index >= 15 is 0 Å². The Balaban J connectivity index is 2.40. The largest absolute Gasteiger partial charge is 0.381 e. The molecule has 11 heavy (non-hydrogen) atoms. The molecule has 3 atom stereocenters. The van der Waals surface area contributed by atoms with E-state index in [9.17, 15) is 0 Å². The summed E-state index contributed by atoms with van der Waals surface area (Å²) in [5.74, 6) is 1.37. The van der Waals surface area contributed by atoms with Crippen LogP contribution in [0.3, 0.4) is 0 Å². The predicted octanol–water partition coefficient (Wildman–Crippen LogP) is 2.68. The quantitative estimate of drug-likeness (QED) is 0.601. The van der Waals surface area contributed by atoms with E-state index in [1.807, 2.05) is 0 Å². The third kappa shape index (κ3) is 2.34. The first kappa shape index (κ1) is 9.34. The Bertz CT molecular complexity index is 108. The molecular formula is C9H17ClO. The third-order valence-electron chi connectivity index (χ3n) is 2.63. The highest BCUT2D eigenvalue weighted by atomic mass is 35.5. The summed E-state index contributed by atoms with van der Waals surface area (Å²) >= 11 is 6.07. The van der Waals surface area contributed by atoms with Gasteiger partial charge in [-0.05, 0) is 25.2 Å². The highest BCUT2D eigenvalue weighted by molar-refractivity contribution is 6.20. The first-order valence-corrected chi connectivity index (χ1v) is 4.91. The van der Waals surface area contributed by atoms with Crippen molar-refractivity contribution in [2.24, 2.45) is 11.8 Å². The van der Waals surface area contributed by atoms with Gasteiger partial charge in [0.2, 0.25) is 0 Å². The molecule has 0 radical (unpaired) electrons. The standard InChI is InChI=1S/C9H17ClO/c1-3-9(7(2)10)8-4-5-11-6-8/h7-9H,3-6H2,1-2H3. The van der Waals surface area contributed by atoms with Crippen molar-refractivity contribution >= 4 is 11.6 Å². The lowest BCUT2D eigenvalue weighted by Crippen LogP contribution is -2.21. The summed E-state index contributed by atoms with van der Waals surface area (Å²) in [5.41, 5.74) is 0. The van der Waals surface area contributed by atoms with E-state index in [0.717, 1.165) is 13.2 Å². The lowest BCUT2D eigenvalue weighted by Gasteiger charge is -2.22. The molecule has 0 N–H and O–H groups in total. The Morgan fingerprint density at radius 1 is 1.64 bits per heavy atom. The van der Waals surface area contributed by atoms with Crippen LogP contribution < -0.4 is 0 Å². The number of rotatable bonds is 3. The second-order valence-corrected chi connectivity index (χ2v) is 4.06. The fourth-order valence-corrected chi connectivity index (χ4v) is 2.31. The maximum Gasteiger partial charge on any atom is 0.0498 e. The van der Waals surface area contributed by atoms with Crippen LogP contribution in [-0.4, -0.2) is 18.6 Å². The van der Waals surface area contributed by atoms with Crippen LogP contribution in [0.15, 0.2) is 0 Å². The van der Waals surface area contributed by atoms with Crippen LogP contribution in [0.5, 0.6) is 0 Å². The Kier molecular flexibility index (Phi) is 3.67. The summed E-state index contributed by atoms with van der Waals surface area (Å²) in [7, 11) is 0. The van der Waals surface area contributed by atoms with Gasteiger partial charge in [0, 0.05) is 18.6 Å². The van der Waals surface area contributed by atoms with Crippen LogP contribution >= 0.6 is 11.6 Å². The molecule has 1 aliphatic rings. The molecule has 3 unspecified atom stereocenters. The molecule has 0 bridgehead atoms. The first-order chi connectivity index (χ1) is 5.25. The second kappa shape index (κ2) is 4.32. The molecule has 1 fully saturated rings. The van der Waals surface area contributed by atoms with Crippen molar-refractivity contribution in [2.75, 3.05) is 13.2 Å². The normalized spacial score (nSPS) is 30.3. The molecule has 0 aromatic carbocycles. The monoisotopic (exact) mass is 176 g/mol. The van der Waals surface area contributed by atoms with Crippen LogP contribution in [-0.2, 0) is 4.74 Å². The zero-order chi connectivity index (χ0) is 8.27. The lowest BCUT2D eigenvalue weighted by molar-refractivity contribution is 0.170. The van der Waals surface area contributed by atoms with Crippen LogP contribution in [0.2, 0.25) is 0 Å². The molecule has 1 rings (SSSR count). The van der Waals surface area contributed by atoms with Gasteiger partial charge in [-0.1, -0.05) is 13.3 Å². The van der Waals surface area contributed by atoms with Gasteiger partial charge in [-0.25, -0.2) is 0 Å². The van der Waals surface area contributed by atoms with E-state index in [-0.39, 0.29) is 0 Å². The first-order valence-electron chi connectivity index (χ1n) is 4.47. The molecule has 1 saturated heterocycles. The van der Waals surface area contributed by atoms with Crippen molar-refractivity contribution in [1.29, 1.82) is 0 Å². The Hall–Kier alpha value is 0.250. The summed E-state index contributed by atoms with van der Waals surface area (Å²) in [6, 6.07) is 0. The molecule has 0 aromatic heterocycles. The molecule has 0 spiro atoms. The zero-order valence-corrected chi connectivity index (χ0v) is 8.10. The van der Waals surface area contributed by atoms with Gasteiger partial charge in [-0.15, -0.1) is 11.6 Å². The van der Waals surface area contributed by atoms with Gasteiger partial charge in [-0.2, -0.15) is 0 Å². The minimum absolute atomic E-state index is 0.298. The molecule has 1 heterocycles. The number of alkyl halides is 1. The summed E-state index contributed by atoms with van der Waals surface area (Å²) in [5, 5.41) is 0.298. The molecule has 0 aromatic rings. The van der Waals surface area contributed by atoms with Crippen LogP contribution in [0.25, 0.3) is 0 Å². The smallest absolute Gasteiger partial charge is 0.0498 e. The second-order valence-electron chi connectivity index (χ2n) is 3.37. The molecule has 0 amide bonds. The van der Waals surface area contributed by atoms with Crippen molar-refractivity contribution in [3.8, 4) is 0 Å². The summed E-state index contributed by atoms with van der Waals surface area (Å²) < 4.78 is 5.33. The Morgan fingerprint density at radius 3 is 2.73 bits per heavy atom. The maximum atomic E-state index is 6.07. The predicted molar refractivity (Wildman–Crippen MR) is 48.0 cm³/mol. The number of ether oxygens (including phenoxy) is 1. The third-order valence-corrected chi connectivity index (χ3v) is 2.96. The topological polar surface area (TPSA) is 9.23 Å². The van der Waals surface area contributed by atoms with Crippen molar-refractivity contribution in [3.05, 3.63) is 0 Å². The van der Waals surface area contributed by atoms with Gasteiger partial charge in [0.05, 0.1) is 0 Å². The lowest BCUT2D eigenvalue weighted by atomic mass is 9.87. The molecule has 0 saturated carbocycles. The number of halogens is 1. The molecule has 2 heteroatoms. The Labute approximate surface area is 74.1 Å². The van der Waals surface area contributed by atoms with Gasteiger partial charge < -0.3 is 4.74 Å². The van der Waals surface area contributed by atoms with Crippen LogP contribution in [0, 0.1) is 11.8 Å². The molecule has 1 nitrogen and oxygen atoms in total. The average molecular weight is 177 g/mol. The minimum Gasteiger partial charge on any atom is -0.381 e. The van der Waals surface area contributed by atoms with Crippen LogP contribution in [0.4, 0.5) is 0 Å². The van der Waals surface area contributed by atoms with Gasteiger partial charge in [0.25, 0.3) is 0 Å². The number of hydrogen-bond acceptors (Lipinski definition) is 1. The SMILES string of the molecule is CCC(C(C)Cl)C1CCOC1. The fourth-order valence-electron chi connectivity index (χ4n) is 1.92. The molecular weight excluding hydrogens is 160 g/mol. The van der Waals surface area contributed by atoms with Crippen LogP contribution in [0.1, 0.15) is 26.7 Å².